The maximum absolute atomic E-state index is 11.5. The third kappa shape index (κ3) is 3.77. The Labute approximate surface area is 156 Å². The lowest BCUT2D eigenvalue weighted by molar-refractivity contribution is -0.392. The second kappa shape index (κ2) is 7.53. The fraction of sp³-hybridized carbons (Fsp3) is 0.0588. The number of rotatable bonds is 7. The van der Waals surface area contributed by atoms with Gasteiger partial charge in [0.15, 0.2) is 6.61 Å². The first-order valence-corrected chi connectivity index (χ1v) is 7.79. The number of pyridine rings is 1. The van der Waals surface area contributed by atoms with Crippen LogP contribution in [0.15, 0.2) is 48.7 Å². The van der Waals surface area contributed by atoms with E-state index in [2.05, 4.69) is 10.3 Å². The molecule has 3 aromatic rings. The van der Waals surface area contributed by atoms with E-state index < -0.39 is 33.8 Å². The smallest absolute Gasteiger partial charge is 0.341 e. The molecule has 28 heavy (non-hydrogen) atoms. The monoisotopic (exact) mass is 384 g/mol. The second-order valence-corrected chi connectivity index (χ2v) is 5.54. The molecule has 1 heterocycles. The van der Waals surface area contributed by atoms with Gasteiger partial charge in [0.25, 0.3) is 5.69 Å². The van der Waals surface area contributed by atoms with E-state index in [-0.39, 0.29) is 16.6 Å². The first-order valence-electron chi connectivity index (χ1n) is 7.79. The van der Waals surface area contributed by atoms with E-state index in [0.29, 0.717) is 11.4 Å². The highest BCUT2D eigenvalue weighted by Crippen LogP contribution is 2.39. The number of carbonyl (C=O) groups is 1. The number of benzene rings is 2. The molecule has 0 aliphatic rings. The first-order chi connectivity index (χ1) is 13.4. The van der Waals surface area contributed by atoms with Gasteiger partial charge in [-0.05, 0) is 36.4 Å². The largest absolute Gasteiger partial charge is 0.482 e. The number of nitro groups is 2. The predicted octanol–water partition coefficient (Wildman–Crippen LogP) is 3.26. The van der Waals surface area contributed by atoms with Crippen molar-refractivity contribution in [1.82, 2.24) is 4.98 Å². The number of nitro benzene ring substituents is 2. The number of ether oxygens (including phenoxy) is 1. The third-order valence-electron chi connectivity index (χ3n) is 3.73. The molecule has 2 aromatic carbocycles. The number of hydrogen-bond donors (Lipinski definition) is 2. The second-order valence-electron chi connectivity index (χ2n) is 5.54. The van der Waals surface area contributed by atoms with Gasteiger partial charge in [-0.3, -0.25) is 25.2 Å². The lowest BCUT2D eigenvalue weighted by atomic mass is 10.1. The van der Waals surface area contributed by atoms with Gasteiger partial charge in [0, 0.05) is 11.9 Å². The third-order valence-corrected chi connectivity index (χ3v) is 3.73. The van der Waals surface area contributed by atoms with E-state index in [9.17, 15) is 25.0 Å². The van der Waals surface area contributed by atoms with Crippen LogP contribution in [-0.2, 0) is 4.79 Å². The summed E-state index contributed by atoms with van der Waals surface area (Å²) in [6.45, 7) is -0.505. The Kier molecular flexibility index (Phi) is 4.98. The van der Waals surface area contributed by atoms with E-state index in [4.69, 9.17) is 9.84 Å². The summed E-state index contributed by atoms with van der Waals surface area (Å²) in [6.07, 6.45) is 1.38. The van der Waals surface area contributed by atoms with Gasteiger partial charge in [0.1, 0.15) is 17.0 Å². The normalized spacial score (nSPS) is 10.4. The Hall–Kier alpha value is -4.28. The van der Waals surface area contributed by atoms with Crippen molar-refractivity contribution >= 4 is 39.6 Å². The standard InChI is InChI=1S/C17H12N4O7/c22-15(23)9-28-11-5-3-10(4-6-11)19-17-14(21(26)27)8-13(20(24)25)12-2-1-7-18-16(12)17/h1-8,19H,9H2,(H,22,23). The summed E-state index contributed by atoms with van der Waals surface area (Å²) in [6, 6.07) is 9.86. The highest BCUT2D eigenvalue weighted by Gasteiger charge is 2.26. The zero-order valence-corrected chi connectivity index (χ0v) is 14.1. The molecule has 0 spiro atoms. The van der Waals surface area contributed by atoms with E-state index in [1.165, 1.54) is 42.6 Å². The van der Waals surface area contributed by atoms with Crippen molar-refractivity contribution in [3.8, 4) is 5.75 Å². The van der Waals surface area contributed by atoms with Crippen molar-refractivity contribution in [2.24, 2.45) is 0 Å². The molecule has 11 nitrogen and oxygen atoms in total. The highest BCUT2D eigenvalue weighted by molar-refractivity contribution is 6.02. The van der Waals surface area contributed by atoms with Crippen LogP contribution < -0.4 is 10.1 Å². The molecule has 3 rings (SSSR count). The van der Waals surface area contributed by atoms with Gasteiger partial charge >= 0.3 is 11.7 Å². The Morgan fingerprint density at radius 2 is 1.79 bits per heavy atom. The van der Waals surface area contributed by atoms with Crippen molar-refractivity contribution in [2.45, 2.75) is 0 Å². The number of non-ortho nitro benzene ring substituents is 1. The van der Waals surface area contributed by atoms with Gasteiger partial charge in [-0.15, -0.1) is 0 Å². The number of anilines is 2. The molecule has 0 saturated carbocycles. The Balaban J connectivity index is 2.04. The SMILES string of the molecule is O=C(O)COc1ccc(Nc2c([N+](=O)[O-])cc([N+](=O)[O-])c3cccnc23)cc1. The number of aromatic nitrogens is 1. The van der Waals surface area contributed by atoms with Gasteiger partial charge in [-0.1, -0.05) is 0 Å². The fourth-order valence-electron chi connectivity index (χ4n) is 2.55. The molecule has 11 heteroatoms. The summed E-state index contributed by atoms with van der Waals surface area (Å²) in [4.78, 5) is 35.9. The maximum atomic E-state index is 11.5. The first kappa shape index (κ1) is 18.5. The summed E-state index contributed by atoms with van der Waals surface area (Å²) in [7, 11) is 0. The molecule has 0 amide bonds. The minimum Gasteiger partial charge on any atom is -0.482 e. The summed E-state index contributed by atoms with van der Waals surface area (Å²) < 4.78 is 5.02. The number of hydrogen-bond acceptors (Lipinski definition) is 8. The van der Waals surface area contributed by atoms with Gasteiger partial charge in [0.05, 0.1) is 21.3 Å². The molecule has 0 bridgehead atoms. The minimum absolute atomic E-state index is 0.00500. The van der Waals surface area contributed by atoms with Gasteiger partial charge in [0.2, 0.25) is 0 Å². The fourth-order valence-corrected chi connectivity index (χ4v) is 2.55. The molecule has 0 aliphatic heterocycles. The molecule has 0 unspecified atom stereocenters. The molecule has 2 N–H and O–H groups in total. The molecular weight excluding hydrogens is 372 g/mol. The minimum atomic E-state index is -1.12. The average Bonchev–Trinajstić information content (AvgIpc) is 2.67. The molecule has 0 saturated heterocycles. The number of carboxylic acid groups (broad SMARTS) is 1. The molecule has 0 radical (unpaired) electrons. The van der Waals surface area contributed by atoms with Crippen LogP contribution in [0.25, 0.3) is 10.9 Å². The van der Waals surface area contributed by atoms with E-state index >= 15 is 0 Å². The topological polar surface area (TPSA) is 158 Å². The van der Waals surface area contributed by atoms with Crippen molar-refractivity contribution in [1.29, 1.82) is 0 Å². The summed E-state index contributed by atoms with van der Waals surface area (Å²) in [5, 5.41) is 34.4. The Morgan fingerprint density at radius 3 is 2.39 bits per heavy atom. The van der Waals surface area contributed by atoms with Crippen LogP contribution in [0, 0.1) is 20.2 Å². The highest BCUT2D eigenvalue weighted by atomic mass is 16.6. The van der Waals surface area contributed by atoms with Crippen LogP contribution in [0.5, 0.6) is 5.75 Å². The van der Waals surface area contributed by atoms with E-state index in [1.807, 2.05) is 0 Å². The summed E-state index contributed by atoms with van der Waals surface area (Å²) >= 11 is 0. The van der Waals surface area contributed by atoms with Crippen molar-refractivity contribution in [3.05, 3.63) is 68.9 Å². The van der Waals surface area contributed by atoms with Crippen LogP contribution in [0.3, 0.4) is 0 Å². The lowest BCUT2D eigenvalue weighted by Gasteiger charge is -2.11. The Morgan fingerprint density at radius 1 is 1.11 bits per heavy atom. The maximum Gasteiger partial charge on any atom is 0.341 e. The predicted molar refractivity (Wildman–Crippen MR) is 97.9 cm³/mol. The van der Waals surface area contributed by atoms with Crippen LogP contribution in [-0.4, -0.2) is 32.5 Å². The lowest BCUT2D eigenvalue weighted by Crippen LogP contribution is -2.09. The van der Waals surface area contributed by atoms with Gasteiger partial charge < -0.3 is 15.2 Å². The van der Waals surface area contributed by atoms with Crippen LogP contribution in [0.1, 0.15) is 0 Å². The van der Waals surface area contributed by atoms with Crippen LogP contribution in [0.2, 0.25) is 0 Å². The van der Waals surface area contributed by atoms with Crippen LogP contribution in [0.4, 0.5) is 22.7 Å². The molecule has 0 aliphatic carbocycles. The zero-order chi connectivity index (χ0) is 20.3. The molecule has 0 fully saturated rings. The van der Waals surface area contributed by atoms with Crippen LogP contribution >= 0.6 is 0 Å². The molecule has 1 aromatic heterocycles. The average molecular weight is 384 g/mol. The van der Waals surface area contributed by atoms with E-state index in [0.717, 1.165) is 6.07 Å². The van der Waals surface area contributed by atoms with E-state index in [1.54, 1.807) is 0 Å². The molecule has 142 valence electrons. The molecular formula is C17H12N4O7. The molecule has 0 atom stereocenters. The zero-order valence-electron chi connectivity index (χ0n) is 14.1. The number of carboxylic acids is 1. The number of fused-ring (bicyclic) bond motifs is 1. The number of nitrogens with one attached hydrogen (secondary N) is 1. The van der Waals surface area contributed by atoms with Crippen molar-refractivity contribution in [2.75, 3.05) is 11.9 Å². The Bertz CT molecular complexity index is 1080. The summed E-state index contributed by atoms with van der Waals surface area (Å²) in [5.41, 5.74) is -0.409. The van der Waals surface area contributed by atoms with Gasteiger partial charge in [-0.2, -0.15) is 0 Å². The van der Waals surface area contributed by atoms with Crippen molar-refractivity contribution < 1.29 is 24.5 Å². The number of nitrogens with zero attached hydrogens (tertiary/aromatic N) is 3. The van der Waals surface area contributed by atoms with Gasteiger partial charge in [-0.25, -0.2) is 4.79 Å². The quantitative estimate of drug-likeness (QED) is 0.460. The van der Waals surface area contributed by atoms with Crippen molar-refractivity contribution in [3.63, 3.8) is 0 Å². The summed E-state index contributed by atoms with van der Waals surface area (Å²) in [5.74, 6) is -0.824. The number of aliphatic carboxylic acids is 1.